The van der Waals surface area contributed by atoms with Gasteiger partial charge in [0, 0.05) is 11.8 Å². The van der Waals surface area contributed by atoms with Gasteiger partial charge < -0.3 is 0 Å². The van der Waals surface area contributed by atoms with Crippen LogP contribution in [0.1, 0.15) is 23.2 Å². The van der Waals surface area contributed by atoms with Crippen molar-refractivity contribution in [3.63, 3.8) is 0 Å². The van der Waals surface area contributed by atoms with E-state index >= 15 is 0 Å². The van der Waals surface area contributed by atoms with E-state index in [-0.39, 0.29) is 22.6 Å². The van der Waals surface area contributed by atoms with Gasteiger partial charge in [0.1, 0.15) is 11.8 Å². The number of hydrogen-bond donors (Lipinski definition) is 1. The second-order valence-corrected chi connectivity index (χ2v) is 5.30. The van der Waals surface area contributed by atoms with E-state index in [4.69, 9.17) is 5.26 Å². The lowest BCUT2D eigenvalue weighted by atomic mass is 10.1. The number of halogens is 5. The van der Waals surface area contributed by atoms with Gasteiger partial charge in [-0.15, -0.1) is 5.10 Å². The predicted octanol–water partition coefficient (Wildman–Crippen LogP) is 3.45. The van der Waals surface area contributed by atoms with Gasteiger partial charge in [0.15, 0.2) is 5.82 Å². The van der Waals surface area contributed by atoms with E-state index in [0.29, 0.717) is 0 Å². The molecular weight excluding hydrogens is 373 g/mol. The summed E-state index contributed by atoms with van der Waals surface area (Å²) >= 11 is 0. The monoisotopic (exact) mass is 381 g/mol. The standard InChI is InChI=1S/C16H8F5N5O/c17-13(18)12-11(5-8(6-22)7-23-12)14-24-15(27)26(25-14)10-3-1-9(2-4-10)16(19,20)21/h1-5,7,13H,(H,24,25,27). The maximum Gasteiger partial charge on any atom is 0.416 e. The summed E-state index contributed by atoms with van der Waals surface area (Å²) in [7, 11) is 0. The maximum atomic E-state index is 13.2. The summed E-state index contributed by atoms with van der Waals surface area (Å²) in [6.07, 6.45) is -6.58. The molecule has 0 radical (unpaired) electrons. The first-order valence-electron chi connectivity index (χ1n) is 7.26. The van der Waals surface area contributed by atoms with Crippen molar-refractivity contribution in [3.8, 4) is 23.1 Å². The van der Waals surface area contributed by atoms with Gasteiger partial charge in [-0.2, -0.15) is 23.1 Å². The molecule has 0 aliphatic heterocycles. The number of rotatable bonds is 3. The molecule has 11 heteroatoms. The lowest BCUT2D eigenvalue weighted by molar-refractivity contribution is -0.137. The minimum atomic E-state index is -4.55. The number of aromatic amines is 1. The molecule has 0 amide bonds. The van der Waals surface area contributed by atoms with Crippen molar-refractivity contribution >= 4 is 0 Å². The topological polar surface area (TPSA) is 87.4 Å². The number of aromatic nitrogens is 4. The molecule has 1 N–H and O–H groups in total. The fourth-order valence-electron chi connectivity index (χ4n) is 2.31. The number of pyridine rings is 1. The van der Waals surface area contributed by atoms with Crippen LogP contribution in [0.15, 0.2) is 41.3 Å². The summed E-state index contributed by atoms with van der Waals surface area (Å²) in [6.45, 7) is 0. The first-order valence-corrected chi connectivity index (χ1v) is 7.26. The molecule has 0 aliphatic carbocycles. The Morgan fingerprint density at radius 1 is 1.19 bits per heavy atom. The Kier molecular flexibility index (Phi) is 4.49. The second-order valence-electron chi connectivity index (χ2n) is 5.30. The van der Waals surface area contributed by atoms with E-state index in [1.54, 1.807) is 6.07 Å². The van der Waals surface area contributed by atoms with E-state index in [9.17, 15) is 26.7 Å². The average Bonchev–Trinajstić information content (AvgIpc) is 3.02. The van der Waals surface area contributed by atoms with Crippen LogP contribution in [0, 0.1) is 11.3 Å². The molecule has 2 heterocycles. The van der Waals surface area contributed by atoms with E-state index in [1.807, 2.05) is 0 Å². The normalized spacial score (nSPS) is 11.6. The van der Waals surface area contributed by atoms with Gasteiger partial charge in [-0.05, 0) is 30.3 Å². The molecule has 0 fully saturated rings. The molecule has 138 valence electrons. The van der Waals surface area contributed by atoms with Gasteiger partial charge in [0.2, 0.25) is 0 Å². The Labute approximate surface area is 147 Å². The third-order valence-electron chi connectivity index (χ3n) is 3.57. The molecule has 1 aromatic carbocycles. The van der Waals surface area contributed by atoms with E-state index in [1.165, 1.54) is 0 Å². The van der Waals surface area contributed by atoms with Gasteiger partial charge in [-0.25, -0.2) is 13.6 Å². The SMILES string of the molecule is N#Cc1cnc(C(F)F)c(-c2nn(-c3ccc(C(F)(F)F)cc3)c(=O)[nH]2)c1. The van der Waals surface area contributed by atoms with Crippen molar-refractivity contribution in [1.82, 2.24) is 19.7 Å². The molecule has 0 saturated carbocycles. The number of nitriles is 1. The van der Waals surface area contributed by atoms with Crippen molar-refractivity contribution in [2.24, 2.45) is 0 Å². The summed E-state index contributed by atoms with van der Waals surface area (Å²) in [5.41, 5.74) is -2.75. The van der Waals surface area contributed by atoms with Crippen LogP contribution in [0.2, 0.25) is 0 Å². The first kappa shape index (κ1) is 18.2. The van der Waals surface area contributed by atoms with Crippen LogP contribution in [0.25, 0.3) is 17.1 Å². The highest BCUT2D eigenvalue weighted by atomic mass is 19.4. The molecule has 2 aromatic heterocycles. The molecule has 6 nitrogen and oxygen atoms in total. The zero-order valence-corrected chi connectivity index (χ0v) is 13.1. The Morgan fingerprint density at radius 2 is 1.85 bits per heavy atom. The fraction of sp³-hybridized carbons (Fsp3) is 0.125. The molecule has 0 spiro atoms. The van der Waals surface area contributed by atoms with Gasteiger partial charge in [0.05, 0.1) is 16.8 Å². The number of alkyl halides is 5. The molecule has 0 aliphatic rings. The molecule has 3 aromatic rings. The quantitative estimate of drug-likeness (QED) is 0.704. The smallest absolute Gasteiger partial charge is 0.288 e. The second kappa shape index (κ2) is 6.64. The number of nitrogens with one attached hydrogen (secondary N) is 1. The van der Waals surface area contributed by atoms with Crippen LogP contribution in [0.5, 0.6) is 0 Å². The third kappa shape index (κ3) is 3.55. The van der Waals surface area contributed by atoms with E-state index in [0.717, 1.165) is 41.2 Å². The lowest BCUT2D eigenvalue weighted by Crippen LogP contribution is -2.16. The number of hydrogen-bond acceptors (Lipinski definition) is 4. The number of nitrogens with zero attached hydrogens (tertiary/aromatic N) is 4. The van der Waals surface area contributed by atoms with Gasteiger partial charge in [-0.1, -0.05) is 0 Å². The minimum Gasteiger partial charge on any atom is -0.288 e. The molecule has 0 saturated heterocycles. The zero-order valence-electron chi connectivity index (χ0n) is 13.1. The Balaban J connectivity index is 2.08. The Hall–Kier alpha value is -3.55. The summed E-state index contributed by atoms with van der Waals surface area (Å²) in [6, 6.07) is 6.39. The van der Waals surface area contributed by atoms with Crippen molar-refractivity contribution in [2.75, 3.05) is 0 Å². The van der Waals surface area contributed by atoms with Crippen molar-refractivity contribution < 1.29 is 22.0 Å². The average molecular weight is 381 g/mol. The summed E-state index contributed by atoms with van der Waals surface area (Å²) in [5, 5.41) is 12.7. The summed E-state index contributed by atoms with van der Waals surface area (Å²) < 4.78 is 64.9. The third-order valence-corrected chi connectivity index (χ3v) is 3.57. The molecule has 27 heavy (non-hydrogen) atoms. The number of H-pyrrole nitrogens is 1. The highest BCUT2D eigenvalue weighted by molar-refractivity contribution is 5.60. The summed E-state index contributed by atoms with van der Waals surface area (Å²) in [4.78, 5) is 17.8. The first-order chi connectivity index (χ1) is 12.7. The van der Waals surface area contributed by atoms with Crippen LogP contribution >= 0.6 is 0 Å². The molecular formula is C16H8F5N5O. The highest BCUT2D eigenvalue weighted by Crippen LogP contribution is 2.30. The van der Waals surface area contributed by atoms with Crippen LogP contribution in [-0.4, -0.2) is 19.7 Å². The van der Waals surface area contributed by atoms with Gasteiger partial charge in [0.25, 0.3) is 6.43 Å². The summed E-state index contributed by atoms with van der Waals surface area (Å²) in [5.74, 6) is -0.292. The van der Waals surface area contributed by atoms with Gasteiger partial charge in [-0.3, -0.25) is 9.97 Å². The zero-order chi connectivity index (χ0) is 19.8. The lowest BCUT2D eigenvalue weighted by Gasteiger charge is -2.07. The van der Waals surface area contributed by atoms with Crippen molar-refractivity contribution in [3.05, 3.63) is 63.8 Å². The molecule has 3 rings (SSSR count). The van der Waals surface area contributed by atoms with Crippen LogP contribution in [0.3, 0.4) is 0 Å². The van der Waals surface area contributed by atoms with Crippen molar-refractivity contribution in [1.29, 1.82) is 5.26 Å². The highest BCUT2D eigenvalue weighted by Gasteiger charge is 2.30. The fourth-order valence-corrected chi connectivity index (χ4v) is 2.31. The van der Waals surface area contributed by atoms with Gasteiger partial charge >= 0.3 is 11.9 Å². The molecule has 0 bridgehead atoms. The van der Waals surface area contributed by atoms with E-state index in [2.05, 4.69) is 15.1 Å². The molecule has 0 unspecified atom stereocenters. The van der Waals surface area contributed by atoms with E-state index < -0.39 is 29.5 Å². The van der Waals surface area contributed by atoms with Crippen molar-refractivity contribution in [2.45, 2.75) is 12.6 Å². The Morgan fingerprint density at radius 3 is 2.41 bits per heavy atom. The van der Waals surface area contributed by atoms with Crippen LogP contribution in [0.4, 0.5) is 22.0 Å². The largest absolute Gasteiger partial charge is 0.416 e. The molecule has 0 atom stereocenters. The Bertz CT molecular complexity index is 1080. The number of benzene rings is 1. The predicted molar refractivity (Wildman–Crippen MR) is 82.1 cm³/mol. The maximum absolute atomic E-state index is 13.2. The van der Waals surface area contributed by atoms with Crippen LogP contribution in [-0.2, 0) is 6.18 Å². The van der Waals surface area contributed by atoms with Crippen LogP contribution < -0.4 is 5.69 Å². The minimum absolute atomic E-state index is 0.00139.